The first-order valence-electron chi connectivity index (χ1n) is 11.1. The van der Waals surface area contributed by atoms with Gasteiger partial charge < -0.3 is 5.73 Å². The van der Waals surface area contributed by atoms with Gasteiger partial charge in [0.05, 0.1) is 11.4 Å². The Labute approximate surface area is 167 Å². The molecule has 0 amide bonds. The molecule has 2 heteroatoms. The molecule has 2 fully saturated rings. The van der Waals surface area contributed by atoms with Crippen LogP contribution in [-0.2, 0) is 0 Å². The van der Waals surface area contributed by atoms with E-state index in [0.29, 0.717) is 22.2 Å². The summed E-state index contributed by atoms with van der Waals surface area (Å²) in [6.07, 6.45) is 12.6. The number of fused-ring (bicyclic) bond motifs is 2. The highest BCUT2D eigenvalue weighted by molar-refractivity contribution is 5.72. The highest BCUT2D eigenvalue weighted by atomic mass is 14.8. The minimum absolute atomic E-state index is 0.418. The van der Waals surface area contributed by atoms with Crippen LogP contribution in [0.2, 0.25) is 0 Å². The van der Waals surface area contributed by atoms with Crippen LogP contribution >= 0.6 is 0 Å². The van der Waals surface area contributed by atoms with Gasteiger partial charge in [0.1, 0.15) is 0 Å². The van der Waals surface area contributed by atoms with Gasteiger partial charge in [-0.15, -0.1) is 0 Å². The lowest BCUT2D eigenvalue weighted by molar-refractivity contribution is 0.147. The lowest BCUT2D eigenvalue weighted by Crippen LogP contribution is -2.29. The summed E-state index contributed by atoms with van der Waals surface area (Å²) in [7, 11) is 0. The number of pyridine rings is 1. The molecule has 1 heterocycles. The summed E-state index contributed by atoms with van der Waals surface area (Å²) in [5.74, 6) is 0.603. The SMILES string of the molecule is CC.CC1(C)CC=C(c2nc(C3CC4(C)CCC(C)(C3)C4)ccc2N)CC1. The van der Waals surface area contributed by atoms with Crippen molar-refractivity contribution in [1.82, 2.24) is 4.98 Å². The van der Waals surface area contributed by atoms with Crippen molar-refractivity contribution in [3.63, 3.8) is 0 Å². The molecule has 0 saturated heterocycles. The van der Waals surface area contributed by atoms with E-state index in [2.05, 4.69) is 45.9 Å². The highest BCUT2D eigenvalue weighted by Gasteiger charge is 2.49. The largest absolute Gasteiger partial charge is 0.397 e. The molecule has 1 aromatic heterocycles. The van der Waals surface area contributed by atoms with Gasteiger partial charge in [0.2, 0.25) is 0 Å². The van der Waals surface area contributed by atoms with E-state index in [1.54, 1.807) is 0 Å². The molecule has 27 heavy (non-hydrogen) atoms. The molecule has 1 aromatic rings. The summed E-state index contributed by atoms with van der Waals surface area (Å²) in [6, 6.07) is 4.31. The van der Waals surface area contributed by atoms with Crippen molar-refractivity contribution in [2.24, 2.45) is 16.2 Å². The number of aromatic nitrogens is 1. The topological polar surface area (TPSA) is 38.9 Å². The van der Waals surface area contributed by atoms with Gasteiger partial charge in [0.15, 0.2) is 0 Å². The Bertz CT molecular complexity index is 699. The number of nitrogens with two attached hydrogens (primary N) is 1. The Hall–Kier alpha value is -1.31. The van der Waals surface area contributed by atoms with Crippen LogP contribution in [0.5, 0.6) is 0 Å². The number of rotatable bonds is 2. The standard InChI is InChI=1S/C23H34N2.C2H6/c1-21(2)9-7-16(8-10-21)20-18(24)5-6-19(25-20)17-13-22(3)11-12-23(4,14-17)15-22;1-2/h5-7,17H,8-15,24H2,1-4H3;1-2H3. The first-order valence-corrected chi connectivity index (χ1v) is 11.1. The predicted octanol–water partition coefficient (Wildman–Crippen LogP) is 7.36. The maximum atomic E-state index is 6.33. The number of nitrogens with zero attached hydrogens (tertiary/aromatic N) is 1. The molecule has 3 aliphatic carbocycles. The third-order valence-electron chi connectivity index (χ3n) is 7.31. The molecule has 0 aliphatic heterocycles. The van der Waals surface area contributed by atoms with Crippen LogP contribution in [0.25, 0.3) is 5.57 Å². The lowest BCUT2D eigenvalue weighted by Gasteiger charge is -2.40. The van der Waals surface area contributed by atoms with Gasteiger partial charge in [-0.05, 0) is 85.3 Å². The van der Waals surface area contributed by atoms with Crippen LogP contribution in [-0.4, -0.2) is 4.98 Å². The summed E-state index contributed by atoms with van der Waals surface area (Å²) in [4.78, 5) is 5.13. The first-order chi connectivity index (χ1) is 12.7. The Morgan fingerprint density at radius 3 is 2.15 bits per heavy atom. The molecule has 2 N–H and O–H groups in total. The molecule has 4 rings (SSSR count). The van der Waals surface area contributed by atoms with Gasteiger partial charge in [-0.1, -0.05) is 47.6 Å². The van der Waals surface area contributed by atoms with Crippen molar-refractivity contribution in [2.75, 3.05) is 5.73 Å². The number of hydrogen-bond acceptors (Lipinski definition) is 2. The molecule has 0 aromatic carbocycles. The van der Waals surface area contributed by atoms with Gasteiger partial charge in [0, 0.05) is 11.6 Å². The molecule has 3 aliphatic rings. The van der Waals surface area contributed by atoms with Crippen molar-refractivity contribution < 1.29 is 0 Å². The monoisotopic (exact) mass is 368 g/mol. The van der Waals surface area contributed by atoms with Crippen LogP contribution in [0.1, 0.15) is 110 Å². The average Bonchev–Trinajstić information content (AvgIpc) is 2.85. The number of nitrogen functional groups attached to an aromatic ring is 1. The molecule has 2 nitrogen and oxygen atoms in total. The number of hydrogen-bond donors (Lipinski definition) is 1. The van der Waals surface area contributed by atoms with E-state index in [9.17, 15) is 0 Å². The number of allylic oxidation sites excluding steroid dienone is 2. The molecule has 2 unspecified atom stereocenters. The van der Waals surface area contributed by atoms with Gasteiger partial charge in [-0.3, -0.25) is 4.98 Å². The molecule has 2 atom stereocenters. The zero-order chi connectivity index (χ0) is 19.9. The summed E-state index contributed by atoms with van der Waals surface area (Å²) in [5.41, 5.74) is 12.4. The predicted molar refractivity (Wildman–Crippen MR) is 118 cm³/mol. The van der Waals surface area contributed by atoms with E-state index < -0.39 is 0 Å². The molecule has 150 valence electrons. The smallest absolute Gasteiger partial charge is 0.0891 e. The van der Waals surface area contributed by atoms with Gasteiger partial charge >= 0.3 is 0 Å². The van der Waals surface area contributed by atoms with Crippen molar-refractivity contribution in [1.29, 1.82) is 0 Å². The maximum Gasteiger partial charge on any atom is 0.0891 e. The molecule has 2 bridgehead atoms. The molecule has 0 spiro atoms. The van der Waals surface area contributed by atoms with Crippen LogP contribution in [0, 0.1) is 16.2 Å². The van der Waals surface area contributed by atoms with Crippen LogP contribution in [0.15, 0.2) is 18.2 Å². The van der Waals surface area contributed by atoms with E-state index >= 15 is 0 Å². The van der Waals surface area contributed by atoms with Gasteiger partial charge in [-0.2, -0.15) is 0 Å². The zero-order valence-electron chi connectivity index (χ0n) is 18.5. The van der Waals surface area contributed by atoms with Crippen molar-refractivity contribution in [3.8, 4) is 0 Å². The third kappa shape index (κ3) is 4.25. The second kappa shape index (κ2) is 7.26. The minimum Gasteiger partial charge on any atom is -0.397 e. The second-order valence-electron chi connectivity index (χ2n) is 10.7. The highest BCUT2D eigenvalue weighted by Crippen LogP contribution is 2.61. The fourth-order valence-corrected chi connectivity index (χ4v) is 5.89. The maximum absolute atomic E-state index is 6.33. The quantitative estimate of drug-likeness (QED) is 0.592. The van der Waals surface area contributed by atoms with Crippen LogP contribution in [0.4, 0.5) is 5.69 Å². The molecule has 0 radical (unpaired) electrons. The summed E-state index contributed by atoms with van der Waals surface area (Å²) in [6.45, 7) is 13.7. The summed E-state index contributed by atoms with van der Waals surface area (Å²) >= 11 is 0. The van der Waals surface area contributed by atoms with E-state index in [4.69, 9.17) is 10.7 Å². The Kier molecular flexibility index (Phi) is 5.49. The number of anilines is 1. The Morgan fingerprint density at radius 2 is 1.59 bits per heavy atom. The lowest BCUT2D eigenvalue weighted by atomic mass is 9.65. The average molecular weight is 369 g/mol. The Balaban J connectivity index is 0.00000102. The molecular formula is C25H40N2. The van der Waals surface area contributed by atoms with Crippen molar-refractivity contribution >= 4 is 11.3 Å². The first kappa shape index (κ1) is 20.4. The normalized spacial score (nSPS) is 34.4. The van der Waals surface area contributed by atoms with Gasteiger partial charge in [-0.25, -0.2) is 0 Å². The zero-order valence-corrected chi connectivity index (χ0v) is 18.5. The van der Waals surface area contributed by atoms with Crippen LogP contribution < -0.4 is 5.73 Å². The van der Waals surface area contributed by atoms with Crippen LogP contribution in [0.3, 0.4) is 0 Å². The summed E-state index contributed by atoms with van der Waals surface area (Å²) < 4.78 is 0. The molecular weight excluding hydrogens is 328 g/mol. The minimum atomic E-state index is 0.418. The third-order valence-corrected chi connectivity index (χ3v) is 7.31. The second-order valence-corrected chi connectivity index (χ2v) is 10.7. The van der Waals surface area contributed by atoms with Crippen molar-refractivity contribution in [3.05, 3.63) is 29.6 Å². The van der Waals surface area contributed by atoms with Crippen molar-refractivity contribution in [2.45, 2.75) is 98.8 Å². The van der Waals surface area contributed by atoms with E-state index in [1.165, 1.54) is 49.8 Å². The van der Waals surface area contributed by atoms with Gasteiger partial charge in [0.25, 0.3) is 0 Å². The van der Waals surface area contributed by atoms with E-state index in [1.807, 2.05) is 13.8 Å². The Morgan fingerprint density at radius 1 is 0.963 bits per heavy atom. The summed E-state index contributed by atoms with van der Waals surface area (Å²) in [5, 5.41) is 0. The van der Waals surface area contributed by atoms with E-state index in [0.717, 1.165) is 24.2 Å². The fraction of sp³-hybridized carbons (Fsp3) is 0.720. The van der Waals surface area contributed by atoms with E-state index in [-0.39, 0.29) is 0 Å². The molecule has 2 saturated carbocycles. The fourth-order valence-electron chi connectivity index (χ4n) is 5.89.